The van der Waals surface area contributed by atoms with Gasteiger partial charge in [0.1, 0.15) is 0 Å². The van der Waals surface area contributed by atoms with Gasteiger partial charge in [-0.1, -0.05) is 19.0 Å². The molecule has 1 aliphatic rings. The summed E-state index contributed by atoms with van der Waals surface area (Å²) in [7, 11) is 0. The Morgan fingerprint density at radius 3 is 2.86 bits per heavy atom. The zero-order chi connectivity index (χ0) is 10.2. The van der Waals surface area contributed by atoms with E-state index in [1.54, 1.807) is 0 Å². The van der Waals surface area contributed by atoms with E-state index in [1.165, 1.54) is 6.39 Å². The van der Waals surface area contributed by atoms with Gasteiger partial charge in [0.25, 0.3) is 0 Å². The summed E-state index contributed by atoms with van der Waals surface area (Å²) in [5, 5.41) is 3.86. The van der Waals surface area contributed by atoms with Crippen LogP contribution in [0.5, 0.6) is 0 Å². The van der Waals surface area contributed by atoms with Gasteiger partial charge in [-0.3, -0.25) is 0 Å². The van der Waals surface area contributed by atoms with Crippen molar-refractivity contribution in [1.29, 1.82) is 0 Å². The van der Waals surface area contributed by atoms with E-state index in [1.807, 2.05) is 0 Å². The van der Waals surface area contributed by atoms with Gasteiger partial charge in [-0.2, -0.15) is 4.98 Å². The molecular weight excluding hydrogens is 178 g/mol. The Bertz CT molecular complexity index is 298. The molecule has 1 aliphatic carbocycles. The summed E-state index contributed by atoms with van der Waals surface area (Å²) in [5.41, 5.74) is 5.93. The normalized spacial score (nSPS) is 38.5. The van der Waals surface area contributed by atoms with E-state index in [2.05, 4.69) is 24.0 Å². The number of aromatic nitrogens is 2. The summed E-state index contributed by atoms with van der Waals surface area (Å²) in [6.45, 7) is 4.52. The van der Waals surface area contributed by atoms with Crippen molar-refractivity contribution >= 4 is 0 Å². The van der Waals surface area contributed by atoms with Crippen LogP contribution in [0.1, 0.15) is 38.9 Å². The zero-order valence-corrected chi connectivity index (χ0v) is 8.73. The third-order valence-electron chi connectivity index (χ3n) is 3.51. The van der Waals surface area contributed by atoms with E-state index in [4.69, 9.17) is 10.3 Å². The molecule has 3 atom stereocenters. The third-order valence-corrected chi connectivity index (χ3v) is 3.51. The molecule has 14 heavy (non-hydrogen) atoms. The van der Waals surface area contributed by atoms with Crippen LogP contribution >= 0.6 is 0 Å². The number of nitrogens with zero attached hydrogens (tertiary/aromatic N) is 2. The number of nitrogens with two attached hydrogens (primary N) is 1. The van der Waals surface area contributed by atoms with Crippen LogP contribution in [0.4, 0.5) is 0 Å². The minimum atomic E-state index is -0.362. The first-order chi connectivity index (χ1) is 6.62. The molecule has 1 saturated carbocycles. The van der Waals surface area contributed by atoms with Crippen molar-refractivity contribution in [2.45, 2.75) is 38.6 Å². The maximum Gasteiger partial charge on any atom is 0.213 e. The fourth-order valence-corrected chi connectivity index (χ4v) is 2.24. The Morgan fingerprint density at radius 2 is 2.29 bits per heavy atom. The topological polar surface area (TPSA) is 64.9 Å². The Morgan fingerprint density at radius 1 is 1.50 bits per heavy atom. The first kappa shape index (κ1) is 9.65. The number of hydrogen-bond acceptors (Lipinski definition) is 4. The van der Waals surface area contributed by atoms with Crippen molar-refractivity contribution in [3.8, 4) is 0 Å². The molecule has 1 aromatic rings. The van der Waals surface area contributed by atoms with Gasteiger partial charge < -0.3 is 10.3 Å². The Hall–Kier alpha value is -0.900. The Kier molecular flexibility index (Phi) is 2.31. The third kappa shape index (κ3) is 1.54. The van der Waals surface area contributed by atoms with Crippen molar-refractivity contribution in [3.63, 3.8) is 0 Å². The monoisotopic (exact) mass is 195 g/mol. The first-order valence-corrected chi connectivity index (χ1v) is 5.17. The van der Waals surface area contributed by atoms with Crippen molar-refractivity contribution in [2.24, 2.45) is 17.6 Å². The van der Waals surface area contributed by atoms with Crippen molar-refractivity contribution < 1.29 is 4.52 Å². The van der Waals surface area contributed by atoms with Crippen LogP contribution in [0.2, 0.25) is 0 Å². The average molecular weight is 195 g/mol. The van der Waals surface area contributed by atoms with Crippen LogP contribution in [0.25, 0.3) is 0 Å². The van der Waals surface area contributed by atoms with Crippen LogP contribution in [-0.2, 0) is 5.54 Å². The molecule has 1 heterocycles. The standard InChI is InChI=1S/C10H17N3O/c1-7-3-4-10(11,5-8(7)2)9-12-6-14-13-9/h6-8H,3-5,11H2,1-2H3. The predicted molar refractivity (Wildman–Crippen MR) is 52.3 cm³/mol. The lowest BCUT2D eigenvalue weighted by atomic mass is 9.71. The molecule has 0 amide bonds. The molecule has 78 valence electrons. The molecule has 0 bridgehead atoms. The summed E-state index contributed by atoms with van der Waals surface area (Å²) < 4.78 is 4.75. The van der Waals surface area contributed by atoms with Gasteiger partial charge in [0.05, 0.1) is 5.54 Å². The van der Waals surface area contributed by atoms with E-state index in [-0.39, 0.29) is 5.54 Å². The molecule has 0 aliphatic heterocycles. The van der Waals surface area contributed by atoms with Crippen LogP contribution in [-0.4, -0.2) is 10.1 Å². The van der Waals surface area contributed by atoms with Gasteiger partial charge in [0.15, 0.2) is 5.82 Å². The van der Waals surface area contributed by atoms with Gasteiger partial charge >= 0.3 is 0 Å². The molecule has 0 aromatic carbocycles. The van der Waals surface area contributed by atoms with Gasteiger partial charge in [-0.05, 0) is 31.1 Å². The summed E-state index contributed by atoms with van der Waals surface area (Å²) in [4.78, 5) is 4.07. The van der Waals surface area contributed by atoms with Crippen molar-refractivity contribution in [3.05, 3.63) is 12.2 Å². The molecule has 1 aromatic heterocycles. The molecule has 0 saturated heterocycles. The highest BCUT2D eigenvalue weighted by molar-refractivity contribution is 5.05. The van der Waals surface area contributed by atoms with E-state index >= 15 is 0 Å². The predicted octanol–water partition coefficient (Wildman–Crippen LogP) is 1.68. The summed E-state index contributed by atoms with van der Waals surface area (Å²) in [6, 6.07) is 0. The van der Waals surface area contributed by atoms with Crippen LogP contribution in [0.3, 0.4) is 0 Å². The Labute approximate surface area is 83.9 Å². The number of rotatable bonds is 1. The van der Waals surface area contributed by atoms with E-state index in [9.17, 15) is 0 Å². The Balaban J connectivity index is 2.18. The second-order valence-electron chi connectivity index (χ2n) is 4.61. The molecule has 0 radical (unpaired) electrons. The summed E-state index contributed by atoms with van der Waals surface area (Å²) in [5.74, 6) is 2.04. The smallest absolute Gasteiger partial charge is 0.213 e. The van der Waals surface area contributed by atoms with Gasteiger partial charge in [-0.25, -0.2) is 0 Å². The van der Waals surface area contributed by atoms with E-state index in [0.717, 1.165) is 25.2 Å². The first-order valence-electron chi connectivity index (χ1n) is 5.17. The highest BCUT2D eigenvalue weighted by Gasteiger charge is 2.38. The van der Waals surface area contributed by atoms with Gasteiger partial charge in [-0.15, -0.1) is 0 Å². The fraction of sp³-hybridized carbons (Fsp3) is 0.800. The summed E-state index contributed by atoms with van der Waals surface area (Å²) in [6.07, 6.45) is 4.41. The van der Waals surface area contributed by atoms with Crippen LogP contribution in [0, 0.1) is 11.8 Å². The summed E-state index contributed by atoms with van der Waals surface area (Å²) >= 11 is 0. The fourth-order valence-electron chi connectivity index (χ4n) is 2.24. The number of hydrogen-bond donors (Lipinski definition) is 1. The SMILES string of the molecule is CC1CCC(N)(c2ncon2)CC1C. The lowest BCUT2D eigenvalue weighted by Gasteiger charge is -2.37. The van der Waals surface area contributed by atoms with E-state index in [0.29, 0.717) is 11.7 Å². The van der Waals surface area contributed by atoms with Crippen molar-refractivity contribution in [2.75, 3.05) is 0 Å². The molecule has 2 N–H and O–H groups in total. The highest BCUT2D eigenvalue weighted by atomic mass is 16.5. The average Bonchev–Trinajstić information content (AvgIpc) is 2.65. The zero-order valence-electron chi connectivity index (χ0n) is 8.73. The molecule has 3 unspecified atom stereocenters. The molecule has 4 heteroatoms. The molecule has 0 spiro atoms. The lowest BCUT2D eigenvalue weighted by Crippen LogP contribution is -2.44. The molecule has 1 fully saturated rings. The van der Waals surface area contributed by atoms with Crippen LogP contribution < -0.4 is 5.73 Å². The maximum atomic E-state index is 6.29. The minimum Gasteiger partial charge on any atom is -0.343 e. The second-order valence-corrected chi connectivity index (χ2v) is 4.61. The lowest BCUT2D eigenvalue weighted by molar-refractivity contribution is 0.166. The molecule has 4 nitrogen and oxygen atoms in total. The largest absolute Gasteiger partial charge is 0.343 e. The minimum absolute atomic E-state index is 0.362. The van der Waals surface area contributed by atoms with Crippen LogP contribution in [0.15, 0.2) is 10.9 Å². The second kappa shape index (κ2) is 3.35. The van der Waals surface area contributed by atoms with Crippen molar-refractivity contribution in [1.82, 2.24) is 10.1 Å². The molecule has 2 rings (SSSR count). The van der Waals surface area contributed by atoms with E-state index < -0.39 is 0 Å². The quantitative estimate of drug-likeness (QED) is 0.740. The maximum absolute atomic E-state index is 6.29. The van der Waals surface area contributed by atoms with Gasteiger partial charge in [0, 0.05) is 0 Å². The van der Waals surface area contributed by atoms with Gasteiger partial charge in [0.2, 0.25) is 6.39 Å². The molecular formula is C10H17N3O. The highest BCUT2D eigenvalue weighted by Crippen LogP contribution is 2.39.